The number of halogens is 2. The van der Waals surface area contributed by atoms with Crippen LogP contribution in [0.25, 0.3) is 6.08 Å². The minimum atomic E-state index is -0.634. The Hall–Kier alpha value is -2.29. The van der Waals surface area contributed by atoms with Gasteiger partial charge in [0.1, 0.15) is 18.9 Å². The third-order valence-corrected chi connectivity index (χ3v) is 5.90. The number of amides is 2. The predicted molar refractivity (Wildman–Crippen MR) is 124 cm³/mol. The monoisotopic (exact) mass is 523 g/mol. The van der Waals surface area contributed by atoms with Gasteiger partial charge in [-0.3, -0.25) is 19.3 Å². The second-order valence-electron chi connectivity index (χ2n) is 6.87. The first kappa shape index (κ1) is 23.4. The third-order valence-electron chi connectivity index (χ3n) is 4.13. The van der Waals surface area contributed by atoms with Crippen LogP contribution in [0.3, 0.4) is 0 Å². The summed E-state index contributed by atoms with van der Waals surface area (Å²) >= 11 is 10.4. The van der Waals surface area contributed by atoms with Crippen LogP contribution in [0.15, 0.2) is 51.8 Å². The van der Waals surface area contributed by atoms with Crippen LogP contribution in [-0.4, -0.2) is 34.7 Å². The number of ether oxygens (including phenoxy) is 2. The molecule has 1 heterocycles. The van der Waals surface area contributed by atoms with Crippen molar-refractivity contribution in [1.29, 1.82) is 0 Å². The molecule has 0 atom stereocenters. The minimum Gasteiger partial charge on any atom is -0.488 e. The molecule has 2 aromatic carbocycles. The normalized spacial score (nSPS) is 15.1. The fourth-order valence-electron chi connectivity index (χ4n) is 2.74. The number of nitrogens with zero attached hydrogens (tertiary/aromatic N) is 1. The quantitative estimate of drug-likeness (QED) is 0.343. The van der Waals surface area contributed by atoms with E-state index in [-0.39, 0.29) is 17.6 Å². The number of rotatable bonds is 7. The van der Waals surface area contributed by atoms with Crippen molar-refractivity contribution in [2.75, 3.05) is 6.54 Å². The maximum atomic E-state index is 12.7. The highest BCUT2D eigenvalue weighted by Crippen LogP contribution is 2.35. The largest absolute Gasteiger partial charge is 0.488 e. The van der Waals surface area contributed by atoms with Crippen molar-refractivity contribution >= 4 is 62.5 Å². The smallest absolute Gasteiger partial charge is 0.326 e. The Bertz CT molecular complexity index is 1060. The molecule has 1 aliphatic rings. The first-order valence-electron chi connectivity index (χ1n) is 9.35. The van der Waals surface area contributed by atoms with Gasteiger partial charge in [0.25, 0.3) is 11.1 Å². The van der Waals surface area contributed by atoms with E-state index in [0.717, 1.165) is 26.7 Å². The molecule has 0 aliphatic carbocycles. The van der Waals surface area contributed by atoms with Crippen LogP contribution in [0, 0.1) is 0 Å². The number of hydrogen-bond acceptors (Lipinski definition) is 6. The van der Waals surface area contributed by atoms with Crippen molar-refractivity contribution in [2.24, 2.45) is 0 Å². The number of imide groups is 1. The van der Waals surface area contributed by atoms with E-state index < -0.39 is 23.7 Å². The molecule has 0 saturated carbocycles. The van der Waals surface area contributed by atoms with Crippen molar-refractivity contribution in [3.63, 3.8) is 0 Å². The zero-order chi connectivity index (χ0) is 22.5. The molecule has 31 heavy (non-hydrogen) atoms. The summed E-state index contributed by atoms with van der Waals surface area (Å²) in [6.45, 7) is 3.21. The first-order chi connectivity index (χ1) is 14.7. The number of thioether (sulfide) groups is 1. The molecule has 3 rings (SSSR count). The summed E-state index contributed by atoms with van der Waals surface area (Å²) in [5, 5.41) is 0.0704. The molecule has 0 unspecified atom stereocenters. The summed E-state index contributed by atoms with van der Waals surface area (Å²) in [5.41, 5.74) is 1.43. The van der Waals surface area contributed by atoms with Gasteiger partial charge < -0.3 is 9.47 Å². The molecule has 0 radical (unpaired) electrons. The van der Waals surface area contributed by atoms with Crippen LogP contribution in [0.1, 0.15) is 25.0 Å². The predicted octanol–water partition coefficient (Wildman–Crippen LogP) is 5.67. The Labute approximate surface area is 197 Å². The summed E-state index contributed by atoms with van der Waals surface area (Å²) in [6, 6.07) is 12.7. The van der Waals surface area contributed by atoms with Gasteiger partial charge in [-0.25, -0.2) is 0 Å². The van der Waals surface area contributed by atoms with Crippen LogP contribution in [-0.2, 0) is 20.9 Å². The lowest BCUT2D eigenvalue weighted by molar-refractivity contribution is -0.149. The standard InChI is InChI=1S/C22H19BrClNO5S/c1-13(2)30-20(26)11-25-21(27)19(31-22(25)28)10-15-9-16(23)7-8-18(15)29-12-14-5-3-4-6-17(14)24/h3-10,13H,11-12H2,1-2H3/b19-10+. The number of carbonyl (C=O) groups excluding carboxylic acids is 3. The highest BCUT2D eigenvalue weighted by atomic mass is 79.9. The fraction of sp³-hybridized carbons (Fsp3) is 0.227. The van der Waals surface area contributed by atoms with Crippen LogP contribution in [0.5, 0.6) is 5.75 Å². The fourth-order valence-corrected chi connectivity index (χ4v) is 4.14. The molecular formula is C22H19BrClNO5S. The van der Waals surface area contributed by atoms with E-state index in [1.54, 1.807) is 38.1 Å². The summed E-state index contributed by atoms with van der Waals surface area (Å²) in [5.74, 6) is -0.661. The molecule has 0 spiro atoms. The third kappa shape index (κ3) is 6.12. The Morgan fingerprint density at radius 3 is 2.68 bits per heavy atom. The zero-order valence-electron chi connectivity index (χ0n) is 16.8. The Kier molecular flexibility index (Phi) is 7.80. The Morgan fingerprint density at radius 1 is 1.23 bits per heavy atom. The summed E-state index contributed by atoms with van der Waals surface area (Å²) in [4.78, 5) is 37.9. The van der Waals surface area contributed by atoms with Gasteiger partial charge >= 0.3 is 5.97 Å². The highest BCUT2D eigenvalue weighted by Gasteiger charge is 2.37. The van der Waals surface area contributed by atoms with Gasteiger partial charge in [-0.1, -0.05) is 45.7 Å². The molecule has 1 aliphatic heterocycles. The van der Waals surface area contributed by atoms with Gasteiger partial charge in [-0.05, 0) is 56.0 Å². The molecular weight excluding hydrogens is 506 g/mol. The number of benzene rings is 2. The van der Waals surface area contributed by atoms with E-state index in [1.807, 2.05) is 24.3 Å². The molecule has 0 N–H and O–H groups in total. The van der Waals surface area contributed by atoms with Crippen LogP contribution >= 0.6 is 39.3 Å². The van der Waals surface area contributed by atoms with Crippen molar-refractivity contribution < 1.29 is 23.9 Å². The van der Waals surface area contributed by atoms with E-state index in [2.05, 4.69) is 15.9 Å². The van der Waals surface area contributed by atoms with Crippen molar-refractivity contribution in [3.8, 4) is 5.75 Å². The topological polar surface area (TPSA) is 72.9 Å². The molecule has 0 bridgehead atoms. The van der Waals surface area contributed by atoms with E-state index in [9.17, 15) is 14.4 Å². The molecule has 2 amide bonds. The zero-order valence-corrected chi connectivity index (χ0v) is 19.9. The van der Waals surface area contributed by atoms with Crippen molar-refractivity contribution in [1.82, 2.24) is 4.90 Å². The van der Waals surface area contributed by atoms with Crippen LogP contribution < -0.4 is 4.74 Å². The van der Waals surface area contributed by atoms with E-state index in [0.29, 0.717) is 16.3 Å². The van der Waals surface area contributed by atoms with Gasteiger partial charge in [0.2, 0.25) is 0 Å². The first-order valence-corrected chi connectivity index (χ1v) is 11.3. The Morgan fingerprint density at radius 2 is 1.97 bits per heavy atom. The lowest BCUT2D eigenvalue weighted by atomic mass is 10.1. The average molecular weight is 525 g/mol. The molecule has 2 aromatic rings. The minimum absolute atomic E-state index is 0.197. The lowest BCUT2D eigenvalue weighted by Crippen LogP contribution is -2.35. The van der Waals surface area contributed by atoms with Gasteiger partial charge in [-0.2, -0.15) is 0 Å². The molecule has 6 nitrogen and oxygen atoms in total. The van der Waals surface area contributed by atoms with E-state index in [4.69, 9.17) is 21.1 Å². The SMILES string of the molecule is CC(C)OC(=O)CN1C(=O)S/C(=C/c2cc(Br)ccc2OCc2ccccc2Cl)C1=O. The summed E-state index contributed by atoms with van der Waals surface area (Å²) in [6.07, 6.45) is 1.24. The molecule has 162 valence electrons. The summed E-state index contributed by atoms with van der Waals surface area (Å²) < 4.78 is 11.7. The Balaban J connectivity index is 1.80. The van der Waals surface area contributed by atoms with Crippen molar-refractivity contribution in [2.45, 2.75) is 26.6 Å². The maximum absolute atomic E-state index is 12.7. The molecule has 0 aromatic heterocycles. The van der Waals surface area contributed by atoms with E-state index in [1.165, 1.54) is 0 Å². The molecule has 9 heteroatoms. The summed E-state index contributed by atoms with van der Waals surface area (Å²) in [7, 11) is 0. The van der Waals surface area contributed by atoms with Crippen LogP contribution in [0.2, 0.25) is 5.02 Å². The number of hydrogen-bond donors (Lipinski definition) is 0. The molecule has 1 fully saturated rings. The van der Waals surface area contributed by atoms with Gasteiger partial charge in [0, 0.05) is 20.6 Å². The number of esters is 1. The second kappa shape index (κ2) is 10.3. The van der Waals surface area contributed by atoms with Gasteiger partial charge in [-0.15, -0.1) is 0 Å². The molecule has 1 saturated heterocycles. The number of carbonyl (C=O) groups is 3. The maximum Gasteiger partial charge on any atom is 0.326 e. The highest BCUT2D eigenvalue weighted by molar-refractivity contribution is 9.10. The average Bonchev–Trinajstić information content (AvgIpc) is 2.95. The van der Waals surface area contributed by atoms with Crippen LogP contribution in [0.4, 0.5) is 4.79 Å². The van der Waals surface area contributed by atoms with Crippen molar-refractivity contribution in [3.05, 3.63) is 68.0 Å². The van der Waals surface area contributed by atoms with Gasteiger partial charge in [0.15, 0.2) is 0 Å². The second-order valence-corrected chi connectivity index (χ2v) is 9.18. The van der Waals surface area contributed by atoms with Gasteiger partial charge in [0.05, 0.1) is 11.0 Å². The van der Waals surface area contributed by atoms with E-state index >= 15 is 0 Å². The lowest BCUT2D eigenvalue weighted by Gasteiger charge is -2.13.